The Hall–Kier alpha value is -3.66. The van der Waals surface area contributed by atoms with Crippen molar-refractivity contribution in [3.8, 4) is 6.07 Å². The third-order valence-corrected chi connectivity index (χ3v) is 3.64. The van der Waals surface area contributed by atoms with Gasteiger partial charge in [0.2, 0.25) is 0 Å². The van der Waals surface area contributed by atoms with Crippen molar-refractivity contribution in [1.82, 2.24) is 0 Å². The molecule has 0 heterocycles. The van der Waals surface area contributed by atoms with Gasteiger partial charge in [-0.2, -0.15) is 5.26 Å². The molecule has 0 aliphatic heterocycles. The van der Waals surface area contributed by atoms with Crippen LogP contribution < -0.4 is 10.6 Å². The lowest BCUT2D eigenvalue weighted by Crippen LogP contribution is -2.14. The summed E-state index contributed by atoms with van der Waals surface area (Å²) in [6.07, 6.45) is 1.22. The predicted molar refractivity (Wildman–Crippen MR) is 99.6 cm³/mol. The number of nitrogens with zero attached hydrogens (tertiary/aromatic N) is 2. The van der Waals surface area contributed by atoms with Crippen LogP contribution in [0.1, 0.15) is 25.3 Å². The van der Waals surface area contributed by atoms with Gasteiger partial charge in [0.25, 0.3) is 11.6 Å². The third-order valence-electron chi connectivity index (χ3n) is 3.64. The number of carbonyl (C=O) groups is 1. The molecule has 0 spiro atoms. The SMILES string of the molecule is CC(C)c1ccc(NC(=O)/C(C#N)=C\Nc2cccc([N+](=O)[O-])c2)cc1. The largest absolute Gasteiger partial charge is 0.360 e. The second-order valence-electron chi connectivity index (χ2n) is 5.85. The van der Waals surface area contributed by atoms with E-state index in [0.717, 1.165) is 5.56 Å². The van der Waals surface area contributed by atoms with Gasteiger partial charge in [0.1, 0.15) is 11.6 Å². The molecular formula is C19H18N4O3. The zero-order chi connectivity index (χ0) is 19.1. The van der Waals surface area contributed by atoms with Crippen molar-refractivity contribution in [1.29, 1.82) is 5.26 Å². The summed E-state index contributed by atoms with van der Waals surface area (Å²) in [6.45, 7) is 4.15. The monoisotopic (exact) mass is 350 g/mol. The van der Waals surface area contributed by atoms with E-state index in [9.17, 15) is 20.2 Å². The highest BCUT2D eigenvalue weighted by molar-refractivity contribution is 6.06. The maximum Gasteiger partial charge on any atom is 0.271 e. The molecule has 7 heteroatoms. The Bertz CT molecular complexity index is 880. The van der Waals surface area contributed by atoms with Crippen LogP contribution in [-0.4, -0.2) is 10.8 Å². The average Bonchev–Trinajstić information content (AvgIpc) is 2.63. The second kappa shape index (κ2) is 8.44. The van der Waals surface area contributed by atoms with E-state index in [1.807, 2.05) is 18.2 Å². The Morgan fingerprint density at radius 3 is 2.46 bits per heavy atom. The number of anilines is 2. The first-order chi connectivity index (χ1) is 12.4. The van der Waals surface area contributed by atoms with Crippen LogP contribution in [0.4, 0.5) is 17.1 Å². The van der Waals surface area contributed by atoms with Gasteiger partial charge in [-0.3, -0.25) is 14.9 Å². The molecule has 2 N–H and O–H groups in total. The third kappa shape index (κ3) is 4.92. The number of non-ortho nitro benzene ring substituents is 1. The first kappa shape index (κ1) is 18.7. The topological polar surface area (TPSA) is 108 Å². The smallest absolute Gasteiger partial charge is 0.271 e. The van der Waals surface area contributed by atoms with Gasteiger partial charge in [-0.1, -0.05) is 32.0 Å². The lowest BCUT2D eigenvalue weighted by atomic mass is 10.0. The second-order valence-corrected chi connectivity index (χ2v) is 5.85. The van der Waals surface area contributed by atoms with Crippen molar-refractivity contribution in [2.45, 2.75) is 19.8 Å². The number of hydrogen-bond donors (Lipinski definition) is 2. The number of carbonyl (C=O) groups excluding carboxylic acids is 1. The number of nitriles is 1. The van der Waals surface area contributed by atoms with Gasteiger partial charge in [0.15, 0.2) is 0 Å². The highest BCUT2D eigenvalue weighted by Crippen LogP contribution is 2.19. The number of nitro groups is 1. The molecule has 0 aliphatic rings. The van der Waals surface area contributed by atoms with Gasteiger partial charge in [-0.05, 0) is 29.7 Å². The zero-order valence-corrected chi connectivity index (χ0v) is 14.4. The Morgan fingerprint density at radius 1 is 1.19 bits per heavy atom. The number of nitro benzene ring substituents is 1. The molecule has 2 aromatic rings. The van der Waals surface area contributed by atoms with Crippen molar-refractivity contribution < 1.29 is 9.72 Å². The van der Waals surface area contributed by atoms with Crippen LogP contribution in [0.3, 0.4) is 0 Å². The first-order valence-electron chi connectivity index (χ1n) is 7.93. The Labute approximate surface area is 151 Å². The van der Waals surface area contributed by atoms with Crippen molar-refractivity contribution in [3.63, 3.8) is 0 Å². The van der Waals surface area contributed by atoms with E-state index in [-0.39, 0.29) is 11.3 Å². The van der Waals surface area contributed by atoms with Gasteiger partial charge in [0, 0.05) is 29.7 Å². The van der Waals surface area contributed by atoms with E-state index in [4.69, 9.17) is 0 Å². The molecule has 0 saturated heterocycles. The number of rotatable bonds is 6. The molecule has 0 bridgehead atoms. The van der Waals surface area contributed by atoms with Gasteiger partial charge in [-0.25, -0.2) is 0 Å². The van der Waals surface area contributed by atoms with E-state index in [2.05, 4.69) is 24.5 Å². The van der Waals surface area contributed by atoms with Gasteiger partial charge in [0.05, 0.1) is 4.92 Å². The van der Waals surface area contributed by atoms with Gasteiger partial charge in [-0.15, -0.1) is 0 Å². The maximum atomic E-state index is 12.2. The summed E-state index contributed by atoms with van der Waals surface area (Å²) in [6, 6.07) is 15.0. The number of nitrogens with one attached hydrogen (secondary N) is 2. The summed E-state index contributed by atoms with van der Waals surface area (Å²) in [4.78, 5) is 22.5. The summed E-state index contributed by atoms with van der Waals surface area (Å²) >= 11 is 0. The summed E-state index contributed by atoms with van der Waals surface area (Å²) in [5.41, 5.74) is 1.89. The molecule has 132 valence electrons. The minimum absolute atomic E-state index is 0.0865. The van der Waals surface area contributed by atoms with Crippen LogP contribution in [0.25, 0.3) is 0 Å². The summed E-state index contributed by atoms with van der Waals surface area (Å²) in [7, 11) is 0. The molecule has 0 unspecified atom stereocenters. The van der Waals surface area contributed by atoms with Crippen LogP contribution in [0.5, 0.6) is 0 Å². The normalized spacial score (nSPS) is 10.9. The molecule has 2 rings (SSSR count). The van der Waals surface area contributed by atoms with Crippen molar-refractivity contribution in [2.24, 2.45) is 0 Å². The van der Waals surface area contributed by atoms with E-state index in [1.54, 1.807) is 18.2 Å². The number of amides is 1. The molecule has 0 saturated carbocycles. The highest BCUT2D eigenvalue weighted by atomic mass is 16.6. The fraction of sp³-hybridized carbons (Fsp3) is 0.158. The molecule has 2 aromatic carbocycles. The quantitative estimate of drug-likeness (QED) is 0.352. The summed E-state index contributed by atoms with van der Waals surface area (Å²) < 4.78 is 0. The first-order valence-corrected chi connectivity index (χ1v) is 7.93. The van der Waals surface area contributed by atoms with Crippen LogP contribution in [0.2, 0.25) is 0 Å². The van der Waals surface area contributed by atoms with Crippen molar-refractivity contribution >= 4 is 23.0 Å². The van der Waals surface area contributed by atoms with E-state index >= 15 is 0 Å². The fourth-order valence-corrected chi connectivity index (χ4v) is 2.16. The minimum atomic E-state index is -0.567. The molecule has 1 amide bonds. The zero-order valence-electron chi connectivity index (χ0n) is 14.4. The van der Waals surface area contributed by atoms with Crippen molar-refractivity contribution in [2.75, 3.05) is 10.6 Å². The number of benzene rings is 2. The molecule has 0 fully saturated rings. The molecule has 0 aliphatic carbocycles. The standard InChI is InChI=1S/C19H18N4O3/c1-13(2)14-6-8-16(9-7-14)22-19(24)15(11-20)12-21-17-4-3-5-18(10-17)23(25)26/h3-10,12-13,21H,1-2H3,(H,22,24)/b15-12-. The molecular weight excluding hydrogens is 332 g/mol. The molecule has 0 radical (unpaired) electrons. The van der Waals surface area contributed by atoms with Gasteiger partial charge >= 0.3 is 0 Å². The maximum absolute atomic E-state index is 12.2. The van der Waals surface area contributed by atoms with Crippen LogP contribution in [0, 0.1) is 21.4 Å². The fourth-order valence-electron chi connectivity index (χ4n) is 2.16. The van der Waals surface area contributed by atoms with Crippen LogP contribution in [-0.2, 0) is 4.79 Å². The Balaban J connectivity index is 2.08. The van der Waals surface area contributed by atoms with Crippen LogP contribution >= 0.6 is 0 Å². The summed E-state index contributed by atoms with van der Waals surface area (Å²) in [5.74, 6) is -0.184. The molecule has 26 heavy (non-hydrogen) atoms. The lowest BCUT2D eigenvalue weighted by Gasteiger charge is -2.08. The van der Waals surface area contributed by atoms with Crippen molar-refractivity contribution in [3.05, 3.63) is 76.0 Å². The number of hydrogen-bond acceptors (Lipinski definition) is 5. The Kier molecular flexibility index (Phi) is 6.06. The van der Waals surface area contributed by atoms with E-state index in [0.29, 0.717) is 17.3 Å². The summed E-state index contributed by atoms with van der Waals surface area (Å²) in [5, 5.41) is 25.3. The Morgan fingerprint density at radius 2 is 1.88 bits per heavy atom. The van der Waals surface area contributed by atoms with E-state index in [1.165, 1.54) is 24.4 Å². The average molecular weight is 350 g/mol. The lowest BCUT2D eigenvalue weighted by molar-refractivity contribution is -0.384. The van der Waals surface area contributed by atoms with Crippen LogP contribution in [0.15, 0.2) is 60.3 Å². The van der Waals surface area contributed by atoms with E-state index < -0.39 is 10.8 Å². The molecule has 7 nitrogen and oxygen atoms in total. The highest BCUT2D eigenvalue weighted by Gasteiger charge is 2.10. The minimum Gasteiger partial charge on any atom is -0.360 e. The molecule has 0 atom stereocenters. The predicted octanol–water partition coefficient (Wildman–Crippen LogP) is 4.18. The van der Waals surface area contributed by atoms with Gasteiger partial charge < -0.3 is 10.6 Å². The molecule has 0 aromatic heterocycles.